The Balaban J connectivity index is 1.74. The molecule has 0 amide bonds. The van der Waals surface area contributed by atoms with Crippen molar-refractivity contribution >= 4 is 10.8 Å². The molecule has 200 valence electrons. The molecule has 5 N–H and O–H groups in total. The summed E-state index contributed by atoms with van der Waals surface area (Å²) in [7, 11) is 0. The summed E-state index contributed by atoms with van der Waals surface area (Å²) >= 11 is 0. The highest BCUT2D eigenvalue weighted by Gasteiger charge is 2.48. The third-order valence-electron chi connectivity index (χ3n) is 8.22. The normalized spacial score (nSPS) is 17.2. The Hall–Kier alpha value is -2.56. The summed E-state index contributed by atoms with van der Waals surface area (Å²) in [5.41, 5.74) is 11.2. The van der Waals surface area contributed by atoms with E-state index in [9.17, 15) is 10.2 Å². The smallest absolute Gasteiger partial charge is 0.116 e. The zero-order valence-electron chi connectivity index (χ0n) is 22.9. The van der Waals surface area contributed by atoms with Crippen LogP contribution in [0.5, 0.6) is 11.5 Å². The first-order valence-electron chi connectivity index (χ1n) is 14.6. The van der Waals surface area contributed by atoms with Gasteiger partial charge >= 0.3 is 0 Å². The van der Waals surface area contributed by atoms with Crippen molar-refractivity contribution in [2.45, 2.75) is 102 Å². The number of aromatic hydroxyl groups is 2. The topological polar surface area (TPSA) is 78.5 Å². The van der Waals surface area contributed by atoms with Gasteiger partial charge in [-0.2, -0.15) is 0 Å². The molecule has 0 heterocycles. The van der Waals surface area contributed by atoms with Gasteiger partial charge in [0.2, 0.25) is 0 Å². The van der Waals surface area contributed by atoms with E-state index in [0.29, 0.717) is 0 Å². The van der Waals surface area contributed by atoms with Gasteiger partial charge in [0.05, 0.1) is 5.54 Å². The molecular formula is C33H46N2O2. The molecule has 4 nitrogen and oxygen atoms in total. The largest absolute Gasteiger partial charge is 0.508 e. The van der Waals surface area contributed by atoms with Crippen LogP contribution in [0.15, 0.2) is 48.5 Å². The number of nitrogens with one attached hydrogen (secondary N) is 1. The summed E-state index contributed by atoms with van der Waals surface area (Å²) in [4.78, 5) is 0. The van der Waals surface area contributed by atoms with Crippen molar-refractivity contribution < 1.29 is 10.2 Å². The van der Waals surface area contributed by atoms with Gasteiger partial charge in [0.15, 0.2) is 0 Å². The van der Waals surface area contributed by atoms with Crippen LogP contribution < -0.4 is 11.1 Å². The number of nitrogens with two attached hydrogens (primary N) is 1. The van der Waals surface area contributed by atoms with Gasteiger partial charge in [-0.1, -0.05) is 102 Å². The van der Waals surface area contributed by atoms with Crippen LogP contribution in [0.2, 0.25) is 0 Å². The molecule has 0 fully saturated rings. The highest BCUT2D eigenvalue weighted by Crippen LogP contribution is 2.53. The van der Waals surface area contributed by atoms with Crippen LogP contribution in [0.3, 0.4) is 0 Å². The van der Waals surface area contributed by atoms with Gasteiger partial charge in [0, 0.05) is 6.04 Å². The average molecular weight is 503 g/mol. The zero-order valence-corrected chi connectivity index (χ0v) is 22.9. The Labute approximate surface area is 223 Å². The lowest BCUT2D eigenvalue weighted by Gasteiger charge is -2.40. The molecule has 0 aliphatic heterocycles. The number of hydrogen-bond donors (Lipinski definition) is 4. The van der Waals surface area contributed by atoms with E-state index >= 15 is 0 Å². The monoisotopic (exact) mass is 502 g/mol. The molecule has 4 rings (SSSR count). The van der Waals surface area contributed by atoms with E-state index in [1.54, 1.807) is 12.1 Å². The van der Waals surface area contributed by atoms with Crippen molar-refractivity contribution in [1.82, 2.24) is 5.32 Å². The van der Waals surface area contributed by atoms with Crippen molar-refractivity contribution in [2.24, 2.45) is 5.73 Å². The van der Waals surface area contributed by atoms with Crippen LogP contribution in [-0.2, 0) is 5.54 Å². The molecule has 0 aromatic heterocycles. The maximum absolute atomic E-state index is 10.6. The lowest BCUT2D eigenvalue weighted by Crippen LogP contribution is -2.55. The summed E-state index contributed by atoms with van der Waals surface area (Å²) in [6.07, 6.45) is 14.4. The summed E-state index contributed by atoms with van der Waals surface area (Å²) < 4.78 is 0. The van der Waals surface area contributed by atoms with Crippen molar-refractivity contribution in [3.63, 3.8) is 0 Å². The lowest BCUT2D eigenvalue weighted by molar-refractivity contribution is 0.311. The molecule has 3 aromatic carbocycles. The van der Waals surface area contributed by atoms with E-state index in [2.05, 4.69) is 31.3 Å². The number of benzene rings is 3. The van der Waals surface area contributed by atoms with Gasteiger partial charge in [0.1, 0.15) is 11.5 Å². The summed E-state index contributed by atoms with van der Waals surface area (Å²) in [6, 6.07) is 15.5. The SMILES string of the molecule is CCCCCCCCNC1(C(N)CCCCCCC)c2cc(O)ccc2-c2ccc3cc(O)ccc3c21. The highest BCUT2D eigenvalue weighted by molar-refractivity contribution is 5.98. The maximum Gasteiger partial charge on any atom is 0.116 e. The van der Waals surface area contributed by atoms with Crippen molar-refractivity contribution in [3.8, 4) is 22.6 Å². The minimum atomic E-state index is -0.589. The molecule has 4 heteroatoms. The first-order valence-corrected chi connectivity index (χ1v) is 14.6. The van der Waals surface area contributed by atoms with E-state index < -0.39 is 5.54 Å². The number of fused-ring (bicyclic) bond motifs is 5. The van der Waals surface area contributed by atoms with E-state index in [-0.39, 0.29) is 17.5 Å². The zero-order chi connectivity index (χ0) is 26.3. The first kappa shape index (κ1) is 27.5. The molecule has 0 radical (unpaired) electrons. The van der Waals surface area contributed by atoms with Gasteiger partial charge < -0.3 is 21.3 Å². The number of rotatable bonds is 15. The molecule has 0 bridgehead atoms. The quantitative estimate of drug-likeness (QED) is 0.158. The van der Waals surface area contributed by atoms with E-state index in [0.717, 1.165) is 47.7 Å². The molecule has 2 atom stereocenters. The van der Waals surface area contributed by atoms with Crippen LogP contribution in [0.25, 0.3) is 21.9 Å². The molecule has 2 unspecified atom stereocenters. The fraction of sp³-hybridized carbons (Fsp3) is 0.515. The number of phenolic OH excluding ortho intramolecular Hbond substituents is 2. The average Bonchev–Trinajstić information content (AvgIpc) is 3.17. The Morgan fingerprint density at radius 3 is 2.11 bits per heavy atom. The van der Waals surface area contributed by atoms with Crippen LogP contribution in [0, 0.1) is 0 Å². The molecular weight excluding hydrogens is 456 g/mol. The third-order valence-corrected chi connectivity index (χ3v) is 8.22. The van der Waals surface area contributed by atoms with Crippen LogP contribution in [-0.4, -0.2) is 22.8 Å². The highest BCUT2D eigenvalue weighted by atomic mass is 16.3. The summed E-state index contributed by atoms with van der Waals surface area (Å²) in [6.45, 7) is 5.37. The molecule has 1 aliphatic carbocycles. The van der Waals surface area contributed by atoms with Gasteiger partial charge in [0.25, 0.3) is 0 Å². The minimum Gasteiger partial charge on any atom is -0.508 e. The van der Waals surface area contributed by atoms with Crippen molar-refractivity contribution in [2.75, 3.05) is 6.54 Å². The Kier molecular flexibility index (Phi) is 9.50. The Morgan fingerprint density at radius 1 is 0.730 bits per heavy atom. The van der Waals surface area contributed by atoms with Crippen LogP contribution in [0.1, 0.15) is 102 Å². The van der Waals surface area contributed by atoms with Crippen LogP contribution >= 0.6 is 0 Å². The lowest BCUT2D eigenvalue weighted by atomic mass is 9.76. The van der Waals surface area contributed by atoms with E-state index in [4.69, 9.17) is 5.73 Å². The van der Waals surface area contributed by atoms with E-state index in [1.165, 1.54) is 68.9 Å². The van der Waals surface area contributed by atoms with Crippen molar-refractivity contribution in [1.29, 1.82) is 0 Å². The molecule has 0 saturated carbocycles. The molecule has 1 aliphatic rings. The summed E-state index contributed by atoms with van der Waals surface area (Å²) in [5.74, 6) is 0.542. The molecule has 3 aromatic rings. The number of phenols is 2. The molecule has 37 heavy (non-hydrogen) atoms. The number of unbranched alkanes of at least 4 members (excludes halogenated alkanes) is 9. The van der Waals surface area contributed by atoms with Gasteiger partial charge in [-0.3, -0.25) is 0 Å². The van der Waals surface area contributed by atoms with Gasteiger partial charge in [-0.15, -0.1) is 0 Å². The molecule has 0 spiro atoms. The van der Waals surface area contributed by atoms with Gasteiger partial charge in [-0.25, -0.2) is 0 Å². The fourth-order valence-electron chi connectivity index (χ4n) is 6.27. The fourth-order valence-corrected chi connectivity index (χ4v) is 6.27. The van der Waals surface area contributed by atoms with Gasteiger partial charge in [-0.05, 0) is 76.7 Å². The minimum absolute atomic E-state index is 0.143. The predicted octanol–water partition coefficient (Wildman–Crippen LogP) is 8.11. The first-order chi connectivity index (χ1) is 18.0. The standard InChI is InChI=1S/C33H46N2O2/c1-3-5-7-9-11-13-21-35-33(31(34)14-12-10-8-6-4-2)30-23-26(37)17-20-28(30)29-18-15-24-22-25(36)16-19-27(24)32(29)33/h15-20,22-23,31,35-37H,3-14,21,34H2,1-2H3. The van der Waals surface area contributed by atoms with E-state index in [1.807, 2.05) is 24.3 Å². The Morgan fingerprint density at radius 2 is 1.35 bits per heavy atom. The van der Waals surface area contributed by atoms with Crippen LogP contribution in [0.4, 0.5) is 0 Å². The summed E-state index contributed by atoms with van der Waals surface area (Å²) in [5, 5.41) is 26.9. The molecule has 0 saturated heterocycles. The second-order valence-corrected chi connectivity index (χ2v) is 10.9. The second-order valence-electron chi connectivity index (χ2n) is 10.9. The second kappa shape index (κ2) is 12.8. The predicted molar refractivity (Wildman–Crippen MR) is 156 cm³/mol. The van der Waals surface area contributed by atoms with Crippen molar-refractivity contribution in [3.05, 3.63) is 59.7 Å². The number of hydrogen-bond acceptors (Lipinski definition) is 4. The Bertz CT molecular complexity index is 1170. The third kappa shape index (κ3) is 5.81. The maximum atomic E-state index is 10.6.